The zero-order valence-electron chi connectivity index (χ0n) is 14.2. The first-order valence-corrected chi connectivity index (χ1v) is 8.39. The lowest BCUT2D eigenvalue weighted by Crippen LogP contribution is -2.46. The van der Waals surface area contributed by atoms with Gasteiger partial charge in [0.25, 0.3) is 0 Å². The predicted octanol–water partition coefficient (Wildman–Crippen LogP) is 1.05. The van der Waals surface area contributed by atoms with Gasteiger partial charge in [0.2, 0.25) is 0 Å². The van der Waals surface area contributed by atoms with Crippen LogP contribution in [0, 0.1) is 0 Å². The van der Waals surface area contributed by atoms with E-state index in [1.165, 1.54) is 5.69 Å². The van der Waals surface area contributed by atoms with E-state index in [0.29, 0.717) is 0 Å². The SMILES string of the molecule is Cn1c(CN2CCN(c3ccc4ncncc4c3)CC2)ccnc1=O. The van der Waals surface area contributed by atoms with E-state index in [9.17, 15) is 4.79 Å². The molecule has 1 fully saturated rings. The van der Waals surface area contributed by atoms with Crippen LogP contribution in [0.2, 0.25) is 0 Å². The third-order valence-corrected chi connectivity index (χ3v) is 4.78. The Balaban J connectivity index is 1.43. The smallest absolute Gasteiger partial charge is 0.347 e. The van der Waals surface area contributed by atoms with E-state index in [0.717, 1.165) is 49.3 Å². The Labute approximate surface area is 145 Å². The molecule has 1 aliphatic rings. The number of anilines is 1. The van der Waals surface area contributed by atoms with Crippen LogP contribution < -0.4 is 10.6 Å². The lowest BCUT2D eigenvalue weighted by molar-refractivity contribution is 0.243. The average molecular weight is 336 g/mol. The Hall–Kier alpha value is -2.80. The molecule has 0 spiro atoms. The molecular weight excluding hydrogens is 316 g/mol. The first-order valence-electron chi connectivity index (χ1n) is 8.39. The van der Waals surface area contributed by atoms with Crippen LogP contribution in [-0.2, 0) is 13.6 Å². The van der Waals surface area contributed by atoms with E-state index < -0.39 is 0 Å². The lowest BCUT2D eigenvalue weighted by atomic mass is 10.2. The van der Waals surface area contributed by atoms with Gasteiger partial charge in [-0.25, -0.2) is 19.7 Å². The normalized spacial score (nSPS) is 15.6. The fourth-order valence-electron chi connectivity index (χ4n) is 3.23. The van der Waals surface area contributed by atoms with Crippen LogP contribution in [0.1, 0.15) is 5.69 Å². The molecule has 1 aromatic carbocycles. The van der Waals surface area contributed by atoms with Crippen LogP contribution in [-0.4, -0.2) is 50.6 Å². The van der Waals surface area contributed by atoms with Crippen molar-refractivity contribution in [1.82, 2.24) is 24.4 Å². The fourth-order valence-corrected chi connectivity index (χ4v) is 3.23. The van der Waals surface area contributed by atoms with Gasteiger partial charge in [-0.2, -0.15) is 0 Å². The van der Waals surface area contributed by atoms with Gasteiger partial charge in [-0.3, -0.25) is 9.47 Å². The molecule has 0 atom stereocenters. The van der Waals surface area contributed by atoms with Crippen molar-refractivity contribution in [3.8, 4) is 0 Å². The molecular formula is C18H20N6O. The van der Waals surface area contributed by atoms with E-state index in [1.807, 2.05) is 18.3 Å². The highest BCUT2D eigenvalue weighted by Crippen LogP contribution is 2.21. The van der Waals surface area contributed by atoms with E-state index >= 15 is 0 Å². The summed E-state index contributed by atoms with van der Waals surface area (Å²) in [7, 11) is 1.78. The molecule has 2 aromatic heterocycles. The van der Waals surface area contributed by atoms with Crippen LogP contribution in [0.25, 0.3) is 10.9 Å². The Morgan fingerprint density at radius 1 is 1.08 bits per heavy atom. The minimum absolute atomic E-state index is 0.200. The highest BCUT2D eigenvalue weighted by molar-refractivity contribution is 5.81. The summed E-state index contributed by atoms with van der Waals surface area (Å²) in [5.74, 6) is 0. The molecule has 7 heteroatoms. The number of hydrogen-bond donors (Lipinski definition) is 0. The summed E-state index contributed by atoms with van der Waals surface area (Å²) in [6.45, 7) is 4.60. The third kappa shape index (κ3) is 3.23. The molecule has 0 radical (unpaired) electrons. The molecule has 3 heterocycles. The molecule has 0 saturated carbocycles. The average Bonchev–Trinajstić information content (AvgIpc) is 2.66. The number of hydrogen-bond acceptors (Lipinski definition) is 6. The fraction of sp³-hybridized carbons (Fsp3) is 0.333. The van der Waals surface area contributed by atoms with Gasteiger partial charge in [0.1, 0.15) is 6.33 Å². The first-order chi connectivity index (χ1) is 12.2. The van der Waals surface area contributed by atoms with Gasteiger partial charge in [-0.1, -0.05) is 0 Å². The summed E-state index contributed by atoms with van der Waals surface area (Å²) in [5, 5.41) is 1.06. The third-order valence-electron chi connectivity index (χ3n) is 4.78. The molecule has 128 valence electrons. The Morgan fingerprint density at radius 2 is 1.92 bits per heavy atom. The zero-order valence-corrected chi connectivity index (χ0v) is 14.2. The molecule has 25 heavy (non-hydrogen) atoms. The van der Waals surface area contributed by atoms with Gasteiger partial charge in [-0.15, -0.1) is 0 Å². The molecule has 4 rings (SSSR count). The number of fused-ring (bicyclic) bond motifs is 1. The lowest BCUT2D eigenvalue weighted by Gasteiger charge is -2.36. The van der Waals surface area contributed by atoms with Crippen molar-refractivity contribution in [3.63, 3.8) is 0 Å². The van der Waals surface area contributed by atoms with Crippen molar-refractivity contribution in [2.24, 2.45) is 7.05 Å². The molecule has 7 nitrogen and oxygen atoms in total. The van der Waals surface area contributed by atoms with Gasteiger partial charge >= 0.3 is 5.69 Å². The van der Waals surface area contributed by atoms with Gasteiger partial charge in [0.15, 0.2) is 0 Å². The van der Waals surface area contributed by atoms with Gasteiger partial charge in [0.05, 0.1) is 5.52 Å². The second-order valence-corrected chi connectivity index (χ2v) is 6.31. The molecule has 1 aliphatic heterocycles. The summed E-state index contributed by atoms with van der Waals surface area (Å²) in [5.41, 5.74) is 2.97. The van der Waals surface area contributed by atoms with Gasteiger partial charge < -0.3 is 4.90 Å². The molecule has 0 amide bonds. The summed E-state index contributed by atoms with van der Waals surface area (Å²) in [6.07, 6.45) is 5.02. The van der Waals surface area contributed by atoms with Crippen molar-refractivity contribution in [2.75, 3.05) is 31.1 Å². The highest BCUT2D eigenvalue weighted by Gasteiger charge is 2.18. The van der Waals surface area contributed by atoms with E-state index in [1.54, 1.807) is 24.1 Å². The molecule has 0 unspecified atom stereocenters. The minimum atomic E-state index is -0.200. The highest BCUT2D eigenvalue weighted by atomic mass is 16.1. The second kappa shape index (κ2) is 6.60. The number of aromatic nitrogens is 4. The molecule has 0 bridgehead atoms. The Morgan fingerprint density at radius 3 is 2.76 bits per heavy atom. The topological polar surface area (TPSA) is 67.2 Å². The summed E-state index contributed by atoms with van der Waals surface area (Å²) in [6, 6.07) is 8.23. The number of rotatable bonds is 3. The first kappa shape index (κ1) is 15.7. The standard InChI is InChI=1S/C18H20N6O/c1-22-16(4-5-20-18(22)25)12-23-6-8-24(9-7-23)15-2-3-17-14(10-15)11-19-13-21-17/h2-5,10-11,13H,6-9,12H2,1H3. The largest absolute Gasteiger partial charge is 0.369 e. The second-order valence-electron chi connectivity index (χ2n) is 6.31. The number of piperazine rings is 1. The van der Waals surface area contributed by atoms with Crippen molar-refractivity contribution >= 4 is 16.6 Å². The van der Waals surface area contributed by atoms with E-state index in [-0.39, 0.29) is 5.69 Å². The van der Waals surface area contributed by atoms with Gasteiger partial charge in [0, 0.05) is 68.9 Å². The van der Waals surface area contributed by atoms with Crippen LogP contribution in [0.15, 0.2) is 47.8 Å². The summed E-state index contributed by atoms with van der Waals surface area (Å²) < 4.78 is 1.62. The minimum Gasteiger partial charge on any atom is -0.369 e. The zero-order chi connectivity index (χ0) is 17.2. The van der Waals surface area contributed by atoms with Crippen LogP contribution >= 0.6 is 0 Å². The number of benzene rings is 1. The van der Waals surface area contributed by atoms with E-state index in [4.69, 9.17) is 0 Å². The Bertz CT molecular complexity index is 945. The maximum atomic E-state index is 11.6. The Kier molecular flexibility index (Phi) is 4.15. The van der Waals surface area contributed by atoms with Crippen molar-refractivity contribution in [3.05, 3.63) is 59.2 Å². The van der Waals surface area contributed by atoms with Crippen molar-refractivity contribution < 1.29 is 0 Å². The molecule has 3 aromatic rings. The van der Waals surface area contributed by atoms with Crippen molar-refractivity contribution in [1.29, 1.82) is 0 Å². The van der Waals surface area contributed by atoms with Gasteiger partial charge in [-0.05, 0) is 24.3 Å². The predicted molar refractivity (Wildman–Crippen MR) is 96.5 cm³/mol. The molecule has 0 aliphatic carbocycles. The van der Waals surface area contributed by atoms with Crippen LogP contribution in [0.4, 0.5) is 5.69 Å². The maximum Gasteiger partial charge on any atom is 0.347 e. The summed E-state index contributed by atoms with van der Waals surface area (Å²) in [4.78, 5) is 28.5. The van der Waals surface area contributed by atoms with Crippen LogP contribution in [0.3, 0.4) is 0 Å². The van der Waals surface area contributed by atoms with Crippen LogP contribution in [0.5, 0.6) is 0 Å². The number of nitrogens with zero attached hydrogens (tertiary/aromatic N) is 6. The maximum absolute atomic E-state index is 11.6. The summed E-state index contributed by atoms with van der Waals surface area (Å²) >= 11 is 0. The van der Waals surface area contributed by atoms with Crippen molar-refractivity contribution in [2.45, 2.75) is 6.54 Å². The monoisotopic (exact) mass is 336 g/mol. The quantitative estimate of drug-likeness (QED) is 0.712. The molecule has 0 N–H and O–H groups in total. The van der Waals surface area contributed by atoms with E-state index in [2.05, 4.69) is 36.9 Å². The molecule has 1 saturated heterocycles.